The lowest BCUT2D eigenvalue weighted by atomic mass is 9.61. The number of aliphatic hydroxyl groups is 1. The number of aryl methyl sites for hydroxylation is 1. The van der Waals surface area contributed by atoms with E-state index in [0.29, 0.717) is 32.1 Å². The van der Waals surface area contributed by atoms with Crippen molar-refractivity contribution in [2.45, 2.75) is 52.1 Å². The Balaban J connectivity index is 1.85. The summed E-state index contributed by atoms with van der Waals surface area (Å²) in [6.45, 7) is 3.88. The smallest absolute Gasteiger partial charge is 0.139 e. The van der Waals surface area contributed by atoms with Crippen LogP contribution in [-0.4, -0.2) is 27.9 Å². The van der Waals surface area contributed by atoms with Crippen molar-refractivity contribution in [2.75, 3.05) is 0 Å². The number of hydrogen-bond acceptors (Lipinski definition) is 4. The summed E-state index contributed by atoms with van der Waals surface area (Å²) < 4.78 is 0. The fraction of sp³-hybridized carbons (Fsp3) is 0.579. The van der Waals surface area contributed by atoms with Crippen LogP contribution in [0, 0.1) is 24.2 Å². The number of Topliss-reactive ketones (excluding diaryl/α,β-unsaturated/α-hetero) is 2. The van der Waals surface area contributed by atoms with Gasteiger partial charge in [-0.25, -0.2) is 0 Å². The van der Waals surface area contributed by atoms with Gasteiger partial charge >= 0.3 is 0 Å². The van der Waals surface area contributed by atoms with Crippen LogP contribution in [0.25, 0.3) is 0 Å². The molecule has 0 heterocycles. The molecule has 1 aromatic carbocycles. The summed E-state index contributed by atoms with van der Waals surface area (Å²) in [4.78, 5) is 24.7. The van der Waals surface area contributed by atoms with Crippen LogP contribution >= 0.6 is 0 Å². The zero-order valence-electron chi connectivity index (χ0n) is 13.7. The quantitative estimate of drug-likeness (QED) is 0.899. The Morgan fingerprint density at radius 3 is 2.78 bits per heavy atom. The molecule has 0 aromatic heterocycles. The molecule has 1 aromatic rings. The maximum atomic E-state index is 12.4. The average molecular weight is 316 g/mol. The summed E-state index contributed by atoms with van der Waals surface area (Å²) in [5.41, 5.74) is 1.38. The molecule has 4 nitrogen and oxygen atoms in total. The number of rotatable bonds is 3. The Kier molecular flexibility index (Phi) is 4.05. The van der Waals surface area contributed by atoms with Crippen molar-refractivity contribution in [1.29, 1.82) is 0 Å². The number of phenols is 1. The SMILES string of the molecule is Cc1ccc(O)cc1CC(O)[C@@H]1C(=O)CC[C@]2(C)C(=O)CC[C@@H]12. The molecule has 2 aliphatic rings. The van der Waals surface area contributed by atoms with E-state index in [1.54, 1.807) is 12.1 Å². The molecule has 23 heavy (non-hydrogen) atoms. The van der Waals surface area contributed by atoms with E-state index in [1.807, 2.05) is 19.9 Å². The molecule has 0 radical (unpaired) electrons. The molecule has 2 saturated carbocycles. The van der Waals surface area contributed by atoms with Crippen molar-refractivity contribution in [3.63, 3.8) is 0 Å². The van der Waals surface area contributed by atoms with Crippen molar-refractivity contribution in [1.82, 2.24) is 0 Å². The molecule has 0 spiro atoms. The van der Waals surface area contributed by atoms with Crippen LogP contribution in [0.15, 0.2) is 18.2 Å². The molecular formula is C19H24O4. The Morgan fingerprint density at radius 1 is 1.30 bits per heavy atom. The maximum Gasteiger partial charge on any atom is 0.139 e. The van der Waals surface area contributed by atoms with Crippen LogP contribution in [-0.2, 0) is 16.0 Å². The number of hydrogen-bond donors (Lipinski definition) is 2. The van der Waals surface area contributed by atoms with Crippen molar-refractivity contribution in [3.05, 3.63) is 29.3 Å². The first-order chi connectivity index (χ1) is 10.8. The number of phenolic OH excluding ortho intramolecular Hbond substituents is 1. The maximum absolute atomic E-state index is 12.4. The zero-order valence-corrected chi connectivity index (χ0v) is 13.7. The fourth-order valence-electron chi connectivity index (χ4n) is 4.48. The van der Waals surface area contributed by atoms with Gasteiger partial charge in [0.15, 0.2) is 0 Å². The van der Waals surface area contributed by atoms with E-state index in [2.05, 4.69) is 0 Å². The first kappa shape index (κ1) is 16.2. The van der Waals surface area contributed by atoms with Crippen molar-refractivity contribution in [2.24, 2.45) is 17.3 Å². The normalized spacial score (nSPS) is 32.0. The highest BCUT2D eigenvalue weighted by molar-refractivity contribution is 5.92. The van der Waals surface area contributed by atoms with Gasteiger partial charge in [-0.2, -0.15) is 0 Å². The van der Waals surface area contributed by atoms with Crippen LogP contribution in [0.5, 0.6) is 5.75 Å². The Bertz CT molecular complexity index is 651. The summed E-state index contributed by atoms with van der Waals surface area (Å²) in [7, 11) is 0. The van der Waals surface area contributed by atoms with E-state index in [0.717, 1.165) is 11.1 Å². The number of aromatic hydroxyl groups is 1. The highest BCUT2D eigenvalue weighted by Gasteiger charge is 2.55. The predicted molar refractivity (Wildman–Crippen MR) is 86.1 cm³/mol. The molecule has 124 valence electrons. The van der Waals surface area contributed by atoms with Crippen LogP contribution in [0.4, 0.5) is 0 Å². The molecule has 0 bridgehead atoms. The number of ketones is 2. The third-order valence-corrected chi connectivity index (χ3v) is 6.01. The van der Waals surface area contributed by atoms with Crippen LogP contribution < -0.4 is 0 Å². The van der Waals surface area contributed by atoms with Gasteiger partial charge < -0.3 is 10.2 Å². The molecule has 3 rings (SSSR count). The monoisotopic (exact) mass is 316 g/mol. The van der Waals surface area contributed by atoms with Gasteiger partial charge in [-0.1, -0.05) is 13.0 Å². The Morgan fingerprint density at radius 2 is 2.04 bits per heavy atom. The summed E-state index contributed by atoms with van der Waals surface area (Å²) in [5.74, 6) is -0.0484. The number of carbonyl (C=O) groups excluding carboxylic acids is 2. The first-order valence-corrected chi connectivity index (χ1v) is 8.35. The largest absolute Gasteiger partial charge is 0.508 e. The van der Waals surface area contributed by atoms with Crippen molar-refractivity contribution < 1.29 is 19.8 Å². The molecule has 0 aliphatic heterocycles. The molecule has 2 aliphatic carbocycles. The zero-order chi connectivity index (χ0) is 16.8. The number of carbonyl (C=O) groups is 2. The van der Waals surface area contributed by atoms with E-state index >= 15 is 0 Å². The molecule has 0 saturated heterocycles. The van der Waals surface area contributed by atoms with Crippen LogP contribution in [0.3, 0.4) is 0 Å². The molecular weight excluding hydrogens is 292 g/mol. The lowest BCUT2D eigenvalue weighted by molar-refractivity contribution is -0.141. The van der Waals surface area contributed by atoms with Crippen molar-refractivity contribution >= 4 is 11.6 Å². The Labute approximate surface area is 136 Å². The third-order valence-electron chi connectivity index (χ3n) is 6.01. The second-order valence-electron chi connectivity index (χ2n) is 7.36. The highest BCUT2D eigenvalue weighted by atomic mass is 16.3. The van der Waals surface area contributed by atoms with Gasteiger partial charge in [-0.3, -0.25) is 9.59 Å². The number of benzene rings is 1. The van der Waals surface area contributed by atoms with Gasteiger partial charge in [0.1, 0.15) is 17.3 Å². The molecule has 2 fully saturated rings. The molecule has 4 atom stereocenters. The first-order valence-electron chi connectivity index (χ1n) is 8.35. The third kappa shape index (κ3) is 2.69. The van der Waals surface area contributed by atoms with E-state index in [-0.39, 0.29) is 23.2 Å². The van der Waals surface area contributed by atoms with Gasteiger partial charge in [-0.05, 0) is 55.4 Å². The van der Waals surface area contributed by atoms with Crippen LogP contribution in [0.2, 0.25) is 0 Å². The lowest BCUT2D eigenvalue weighted by Gasteiger charge is -2.41. The van der Waals surface area contributed by atoms with Gasteiger partial charge in [-0.15, -0.1) is 0 Å². The minimum atomic E-state index is -0.807. The lowest BCUT2D eigenvalue weighted by Crippen LogP contribution is -2.47. The molecule has 1 unspecified atom stereocenters. The minimum absolute atomic E-state index is 0.0520. The minimum Gasteiger partial charge on any atom is -0.508 e. The van der Waals surface area contributed by atoms with Crippen LogP contribution in [0.1, 0.15) is 43.7 Å². The van der Waals surface area contributed by atoms with E-state index in [1.165, 1.54) is 0 Å². The summed E-state index contributed by atoms with van der Waals surface area (Å²) in [6.07, 6.45) is 1.73. The Hall–Kier alpha value is -1.68. The summed E-state index contributed by atoms with van der Waals surface area (Å²) >= 11 is 0. The number of fused-ring (bicyclic) bond motifs is 1. The average Bonchev–Trinajstić information content (AvgIpc) is 2.79. The predicted octanol–water partition coefficient (Wildman–Crippen LogP) is 2.57. The fourth-order valence-corrected chi connectivity index (χ4v) is 4.48. The highest BCUT2D eigenvalue weighted by Crippen LogP contribution is 2.52. The standard InChI is InChI=1S/C19H24O4/c1-11-3-4-13(20)9-12(11)10-16(22)18-14-5-6-17(23)19(14,2)8-7-15(18)21/h3-4,9,14,16,18,20,22H,5-8,10H2,1-2H3/t14-,16?,18-,19-/m0/s1. The second-order valence-corrected chi connectivity index (χ2v) is 7.36. The molecule has 4 heteroatoms. The summed E-state index contributed by atoms with van der Waals surface area (Å²) in [5, 5.41) is 20.4. The molecule has 2 N–H and O–H groups in total. The van der Waals surface area contributed by atoms with E-state index < -0.39 is 17.4 Å². The van der Waals surface area contributed by atoms with Gasteiger partial charge in [0, 0.05) is 24.2 Å². The summed E-state index contributed by atoms with van der Waals surface area (Å²) in [6, 6.07) is 5.07. The van der Waals surface area contributed by atoms with Gasteiger partial charge in [0.2, 0.25) is 0 Å². The topological polar surface area (TPSA) is 74.6 Å². The molecule has 0 amide bonds. The van der Waals surface area contributed by atoms with E-state index in [9.17, 15) is 19.8 Å². The van der Waals surface area contributed by atoms with E-state index in [4.69, 9.17) is 0 Å². The van der Waals surface area contributed by atoms with Gasteiger partial charge in [0.25, 0.3) is 0 Å². The second kappa shape index (κ2) is 5.75. The number of aliphatic hydroxyl groups excluding tert-OH is 1. The van der Waals surface area contributed by atoms with Crippen molar-refractivity contribution in [3.8, 4) is 5.75 Å². The van der Waals surface area contributed by atoms with Gasteiger partial charge in [0.05, 0.1) is 6.10 Å².